The first-order valence-corrected chi connectivity index (χ1v) is 0.789. The molecule has 0 heteroatoms. The van der Waals surface area contributed by atoms with E-state index in [1.807, 2.05) is 5.92 Å². The van der Waals surface area contributed by atoms with Crippen LogP contribution in [0.1, 0.15) is 0 Å². The first kappa shape index (κ1) is 3.12. The van der Waals surface area contributed by atoms with Gasteiger partial charge in [-0.05, 0) is 0 Å². The molecule has 18 valence electrons. The van der Waals surface area contributed by atoms with Crippen molar-refractivity contribution >= 4 is 0 Å². The zero-order valence-corrected chi connectivity index (χ0v) is 2.08. The second kappa shape index (κ2) is 2.12. The van der Waals surface area contributed by atoms with Gasteiger partial charge in [-0.3, -0.25) is 11.8 Å². The van der Waals surface area contributed by atoms with Crippen LogP contribution in [0.2, 0.25) is 0 Å². The van der Waals surface area contributed by atoms with Crippen LogP contribution in [0.4, 0.5) is 0 Å². The Morgan fingerprint density at radius 2 is 2.00 bits per heavy atom. The molecule has 0 rings (SSSR count). The molecular weight excluding hydrogens is 48.0 g/mol. The van der Waals surface area contributed by atoms with E-state index in [1.54, 1.807) is 5.92 Å². The highest BCUT2D eigenvalue weighted by molar-refractivity contribution is 5.11. The molecule has 4 heavy (non-hydrogen) atoms. The summed E-state index contributed by atoms with van der Waals surface area (Å²) in [6.45, 7) is 0. The molecule has 0 unspecified atom stereocenters. The van der Waals surface area contributed by atoms with Gasteiger partial charge in [-0.1, -0.05) is 0 Å². The van der Waals surface area contributed by atoms with Gasteiger partial charge in [0.2, 0.25) is 0 Å². The van der Waals surface area contributed by atoms with Crippen molar-refractivity contribution in [3.8, 4) is 18.3 Å². The van der Waals surface area contributed by atoms with Crippen molar-refractivity contribution in [3.63, 3.8) is 0 Å². The van der Waals surface area contributed by atoms with E-state index >= 15 is 0 Å². The molecule has 0 nitrogen and oxygen atoms in total. The van der Waals surface area contributed by atoms with E-state index in [2.05, 4.69) is 6.42 Å². The monoisotopic (exact) mass is 49.0 g/mol. The predicted molar refractivity (Wildman–Crippen MR) is 16.0 cm³/mol. The molecule has 0 aliphatic rings. The maximum Gasteiger partial charge on any atom is -0.225 e. The molecule has 0 aliphatic carbocycles. The van der Waals surface area contributed by atoms with Gasteiger partial charge in [0.15, 0.2) is 0 Å². The van der Waals surface area contributed by atoms with Crippen molar-refractivity contribution in [2.24, 2.45) is 0 Å². The summed E-state index contributed by atoms with van der Waals surface area (Å²) in [7, 11) is 0. The molecule has 0 aromatic heterocycles. The number of terminal acetylenes is 1. The minimum absolute atomic E-state index is 1.71. The Balaban J connectivity index is 3.14. The summed E-state index contributed by atoms with van der Waals surface area (Å²) in [5.74, 6) is 3.56. The van der Waals surface area contributed by atoms with Gasteiger partial charge in [0.05, 0.1) is 0 Å². The lowest BCUT2D eigenvalue weighted by atomic mass is 10.7. The average molecular weight is 49.1 g/mol. The Hall–Kier alpha value is -0.880. The van der Waals surface area contributed by atoms with E-state index in [0.29, 0.717) is 0 Å². The summed E-state index contributed by atoms with van der Waals surface area (Å²) in [5.41, 5.74) is 0. The third-order valence-corrected chi connectivity index (χ3v) is 0.0722. The Morgan fingerprint density at radius 1 is 1.75 bits per heavy atom. The molecule has 0 radical (unpaired) electrons. The molecule has 0 N–H and O–H groups in total. The first-order valence-electron chi connectivity index (χ1n) is 0.789. The lowest BCUT2D eigenvalue weighted by Crippen LogP contribution is -1.25. The fourth-order valence-corrected chi connectivity index (χ4v) is 0. The Labute approximate surface area is 25.8 Å². The summed E-state index contributed by atoms with van der Waals surface area (Å²) in [4.78, 5) is 0. The van der Waals surface area contributed by atoms with Gasteiger partial charge in [-0.2, -0.15) is 0 Å². The normalized spacial score (nSPS) is 2.50. The van der Waals surface area contributed by atoms with Crippen LogP contribution in [0.3, 0.4) is 0 Å². The van der Waals surface area contributed by atoms with Gasteiger partial charge >= 0.3 is 0 Å². The van der Waals surface area contributed by atoms with Crippen molar-refractivity contribution in [1.82, 2.24) is 0 Å². The maximum absolute atomic E-state index is 5.97. The third-order valence-electron chi connectivity index (χ3n) is 0.0722. The minimum Gasteiger partial charge on any atom is -0.358 e. The topological polar surface area (TPSA) is 0 Å². The van der Waals surface area contributed by atoms with Gasteiger partial charge in [0.25, 0.3) is 0 Å². The smallest absolute Gasteiger partial charge is 0.225 e. The van der Waals surface area contributed by atoms with Gasteiger partial charge in [0.1, 0.15) is 0 Å². The molecule has 0 amide bonds. The number of rotatable bonds is 0. The van der Waals surface area contributed by atoms with Crippen LogP contribution in [0.5, 0.6) is 0 Å². The second-order valence-corrected chi connectivity index (χ2v) is 0.269. The van der Waals surface area contributed by atoms with Crippen molar-refractivity contribution in [2.45, 2.75) is 0 Å². The Kier molecular flexibility index (Phi) is 1.65. The van der Waals surface area contributed by atoms with E-state index in [4.69, 9.17) is 6.42 Å². The van der Waals surface area contributed by atoms with Crippen LogP contribution < -0.4 is 0 Å². The lowest BCUT2D eigenvalue weighted by Gasteiger charge is -1.53. The van der Waals surface area contributed by atoms with E-state index < -0.39 is 0 Å². The molecule has 0 atom stereocenters. The first-order chi connectivity index (χ1) is 1.91. The molecule has 0 aromatic carbocycles. The largest absolute Gasteiger partial charge is 0.358 e. The quantitative estimate of drug-likeness (QED) is 0.271. The molecule has 0 bridgehead atoms. The van der Waals surface area contributed by atoms with Gasteiger partial charge in [-0.15, -0.1) is 0 Å². The standard InChI is InChI=1S/C4H/c1-3-4-2/h1H/q-1. The predicted octanol–water partition coefficient (Wildman–Crippen LogP) is 0.209. The highest BCUT2D eigenvalue weighted by atomic mass is 13.3. The number of hydrogen-bond acceptors (Lipinski definition) is 0. The van der Waals surface area contributed by atoms with Crippen LogP contribution >= 0.6 is 0 Å². The Morgan fingerprint density at radius 3 is 2.00 bits per heavy atom. The molecule has 0 saturated heterocycles. The maximum atomic E-state index is 5.97. The van der Waals surface area contributed by atoms with Gasteiger partial charge in [-0.25, -0.2) is 6.42 Å². The molecule has 0 aromatic rings. The highest BCUT2D eigenvalue weighted by Crippen LogP contribution is 1.27. The summed E-state index contributed by atoms with van der Waals surface area (Å²) < 4.78 is 0. The third kappa shape index (κ3) is 1.12. The van der Waals surface area contributed by atoms with Crippen LogP contribution in [-0.2, 0) is 0 Å². The van der Waals surface area contributed by atoms with Crippen LogP contribution in [0.15, 0.2) is 0 Å². The fourth-order valence-electron chi connectivity index (χ4n) is 0. The average Bonchev–Trinajstić information content (AvgIpc) is 1.37. The molecule has 0 saturated carbocycles. The van der Waals surface area contributed by atoms with Crippen LogP contribution in [0, 0.1) is 24.7 Å². The van der Waals surface area contributed by atoms with E-state index in [-0.39, 0.29) is 0 Å². The van der Waals surface area contributed by atoms with Gasteiger partial charge in [0, 0.05) is 0 Å². The molecule has 0 fully saturated rings. The summed E-state index contributed by atoms with van der Waals surface area (Å²) in [5, 5.41) is 0. The van der Waals surface area contributed by atoms with Crippen molar-refractivity contribution < 1.29 is 0 Å². The SMILES string of the molecule is [C-]#CC#C. The van der Waals surface area contributed by atoms with E-state index in [9.17, 15) is 0 Å². The van der Waals surface area contributed by atoms with Crippen LogP contribution in [0.25, 0.3) is 0 Å². The molecule has 0 spiro atoms. The van der Waals surface area contributed by atoms with Crippen molar-refractivity contribution in [2.75, 3.05) is 0 Å². The second-order valence-electron chi connectivity index (χ2n) is 0.269. The zero-order chi connectivity index (χ0) is 3.41. The van der Waals surface area contributed by atoms with Crippen molar-refractivity contribution in [3.05, 3.63) is 6.42 Å². The van der Waals surface area contributed by atoms with Crippen LogP contribution in [-0.4, -0.2) is 0 Å². The summed E-state index contributed by atoms with van der Waals surface area (Å²) in [6, 6.07) is 0. The zero-order valence-electron chi connectivity index (χ0n) is 2.08. The van der Waals surface area contributed by atoms with E-state index in [0.717, 1.165) is 0 Å². The lowest BCUT2D eigenvalue weighted by molar-refractivity contribution is 2.53. The molecule has 0 aliphatic heterocycles. The molecule has 0 heterocycles. The van der Waals surface area contributed by atoms with E-state index in [1.165, 1.54) is 0 Å². The fraction of sp³-hybridized carbons (Fsp3) is 0. The molecular formula is C4H-. The summed E-state index contributed by atoms with van der Waals surface area (Å²) >= 11 is 0. The minimum atomic E-state index is 1.71. The Bertz CT molecular complexity index is 55.0. The van der Waals surface area contributed by atoms with Gasteiger partial charge < -0.3 is 6.42 Å². The summed E-state index contributed by atoms with van der Waals surface area (Å²) in [6.07, 6.45) is 10.4. The number of hydrogen-bond donors (Lipinski definition) is 0. The van der Waals surface area contributed by atoms with Crippen molar-refractivity contribution in [1.29, 1.82) is 0 Å². The highest BCUT2D eigenvalue weighted by Gasteiger charge is 1.00.